The van der Waals surface area contributed by atoms with Crippen molar-refractivity contribution < 1.29 is 14.2 Å². The number of alkyl halides is 1. The van der Waals surface area contributed by atoms with E-state index in [-0.39, 0.29) is 36.6 Å². The summed E-state index contributed by atoms with van der Waals surface area (Å²) in [5.41, 5.74) is 0.811. The number of halogens is 4. The van der Waals surface area contributed by atoms with Gasteiger partial charge in [-0.05, 0) is 33.6 Å². The van der Waals surface area contributed by atoms with Crippen LogP contribution in [0.15, 0.2) is 16.6 Å². The van der Waals surface area contributed by atoms with E-state index in [2.05, 4.69) is 26.1 Å². The first-order chi connectivity index (χ1) is 9.17. The smallest absolute Gasteiger partial charge is 0.172 e. The second kappa shape index (κ2) is 9.69. The number of nitrogens with one attached hydrogen (secondary N) is 1. The Labute approximate surface area is 145 Å². The Morgan fingerprint density at radius 1 is 1.38 bits per heavy atom. The van der Waals surface area contributed by atoms with Crippen molar-refractivity contribution in [1.29, 1.82) is 0 Å². The topological polar surface area (TPSA) is 44.7 Å². The van der Waals surface area contributed by atoms with Gasteiger partial charge in [0.1, 0.15) is 6.67 Å². The Kier molecular flexibility index (Phi) is 9.56. The van der Waals surface area contributed by atoms with Gasteiger partial charge in [-0.1, -0.05) is 0 Å². The average Bonchev–Trinajstić information content (AvgIpc) is 2.44. The van der Waals surface area contributed by atoms with Crippen LogP contribution in [0.3, 0.4) is 0 Å². The molecule has 0 radical (unpaired) electrons. The number of phenols is 1. The molecule has 0 aromatic heterocycles. The molecule has 1 atom stereocenters. The molecule has 8 heteroatoms. The van der Waals surface area contributed by atoms with Crippen molar-refractivity contribution in [2.75, 3.05) is 40.0 Å². The molecule has 0 saturated carbocycles. The summed E-state index contributed by atoms with van der Waals surface area (Å²) in [6, 6.07) is 3.16. The first-order valence-corrected chi connectivity index (χ1v) is 7.03. The molecule has 1 saturated heterocycles. The van der Waals surface area contributed by atoms with Gasteiger partial charge in [-0.25, -0.2) is 4.39 Å². The molecule has 0 aliphatic carbocycles. The number of methoxy groups -OCH3 is 1. The van der Waals surface area contributed by atoms with Crippen LogP contribution in [0, 0.1) is 0 Å². The minimum atomic E-state index is -0.458. The Bertz CT molecular complexity index is 448. The average molecular weight is 406 g/mol. The van der Waals surface area contributed by atoms with Gasteiger partial charge < -0.3 is 15.2 Å². The third kappa shape index (κ3) is 4.86. The van der Waals surface area contributed by atoms with E-state index in [1.807, 2.05) is 0 Å². The standard InChI is InChI=1S/C13H18BrFN2O2.2ClH/c1-19-12-7-9(6-10(14)13(12)18)11(8-15)17-4-2-16-3-5-17;;/h6-7,11,16,18H,2-5,8H2,1H3;2*1H/t11-;;/m1../s1. The first-order valence-electron chi connectivity index (χ1n) is 6.24. The molecule has 2 N–H and O–H groups in total. The highest BCUT2D eigenvalue weighted by Crippen LogP contribution is 2.38. The molecule has 1 aromatic carbocycles. The lowest BCUT2D eigenvalue weighted by molar-refractivity contribution is 0.147. The first kappa shape index (κ1) is 20.7. The lowest BCUT2D eigenvalue weighted by Crippen LogP contribution is -2.45. The Morgan fingerprint density at radius 3 is 2.52 bits per heavy atom. The summed E-state index contributed by atoms with van der Waals surface area (Å²) in [5, 5.41) is 13.0. The monoisotopic (exact) mass is 404 g/mol. The lowest BCUT2D eigenvalue weighted by Gasteiger charge is -2.33. The van der Waals surface area contributed by atoms with Crippen LogP contribution in [-0.4, -0.2) is 50.0 Å². The van der Waals surface area contributed by atoms with E-state index in [1.54, 1.807) is 12.1 Å². The van der Waals surface area contributed by atoms with Crippen molar-refractivity contribution >= 4 is 40.7 Å². The quantitative estimate of drug-likeness (QED) is 0.808. The molecule has 4 nitrogen and oxygen atoms in total. The number of aromatic hydroxyl groups is 1. The SMILES string of the molecule is COc1cc([C@@H](CF)N2CCNCC2)cc(Br)c1O.Cl.Cl. The van der Waals surface area contributed by atoms with Crippen molar-refractivity contribution in [3.8, 4) is 11.5 Å². The highest BCUT2D eigenvalue weighted by Gasteiger charge is 2.24. The zero-order valence-electron chi connectivity index (χ0n) is 11.6. The van der Waals surface area contributed by atoms with Gasteiger partial charge >= 0.3 is 0 Å². The van der Waals surface area contributed by atoms with E-state index in [1.165, 1.54) is 7.11 Å². The van der Waals surface area contributed by atoms with E-state index in [0.717, 1.165) is 31.7 Å². The van der Waals surface area contributed by atoms with Crippen LogP contribution < -0.4 is 10.1 Å². The minimum absolute atomic E-state index is 0. The van der Waals surface area contributed by atoms with E-state index >= 15 is 0 Å². The summed E-state index contributed by atoms with van der Waals surface area (Å²) in [5.74, 6) is 0.405. The summed E-state index contributed by atoms with van der Waals surface area (Å²) < 4.78 is 19.1. The third-order valence-electron chi connectivity index (χ3n) is 3.39. The molecule has 1 aliphatic rings. The molecule has 0 unspecified atom stereocenters. The predicted molar refractivity (Wildman–Crippen MR) is 90.0 cm³/mol. The minimum Gasteiger partial charge on any atom is -0.503 e. The molecule has 0 bridgehead atoms. The maximum atomic E-state index is 13.4. The molecule has 1 aliphatic heterocycles. The molecular formula is C13H20BrCl2FN2O2. The molecular weight excluding hydrogens is 386 g/mol. The second-order valence-electron chi connectivity index (χ2n) is 4.51. The van der Waals surface area contributed by atoms with Crippen molar-refractivity contribution in [3.63, 3.8) is 0 Å². The Balaban J connectivity index is 0.00000200. The molecule has 2 rings (SSSR count). The van der Waals surface area contributed by atoms with Gasteiger partial charge in [0.05, 0.1) is 17.6 Å². The summed E-state index contributed by atoms with van der Waals surface area (Å²) in [4.78, 5) is 2.11. The molecule has 21 heavy (non-hydrogen) atoms. The van der Waals surface area contributed by atoms with Crippen LogP contribution in [0.1, 0.15) is 11.6 Å². The number of phenolic OH excluding ortho intramolecular Hbond substituents is 1. The normalized spacial score (nSPS) is 16.5. The molecule has 1 heterocycles. The van der Waals surface area contributed by atoms with Crippen LogP contribution >= 0.6 is 40.7 Å². The van der Waals surface area contributed by atoms with Crippen LogP contribution in [0.5, 0.6) is 11.5 Å². The highest BCUT2D eigenvalue weighted by molar-refractivity contribution is 9.10. The molecule has 1 fully saturated rings. The summed E-state index contributed by atoms with van der Waals surface area (Å²) in [6.07, 6.45) is 0. The molecule has 1 aromatic rings. The van der Waals surface area contributed by atoms with Gasteiger partial charge in [-0.3, -0.25) is 4.90 Å². The molecule has 0 amide bonds. The largest absolute Gasteiger partial charge is 0.503 e. The van der Waals surface area contributed by atoms with Gasteiger partial charge in [-0.2, -0.15) is 0 Å². The van der Waals surface area contributed by atoms with Crippen molar-refractivity contribution in [3.05, 3.63) is 22.2 Å². The number of hydrogen-bond donors (Lipinski definition) is 2. The number of nitrogens with zero attached hydrogens (tertiary/aromatic N) is 1. The molecule has 122 valence electrons. The van der Waals surface area contributed by atoms with Crippen molar-refractivity contribution in [2.24, 2.45) is 0 Å². The zero-order chi connectivity index (χ0) is 13.8. The number of piperazine rings is 1. The van der Waals surface area contributed by atoms with Gasteiger partial charge in [0.2, 0.25) is 0 Å². The van der Waals surface area contributed by atoms with Crippen LogP contribution in [0.25, 0.3) is 0 Å². The second-order valence-corrected chi connectivity index (χ2v) is 5.36. The van der Waals surface area contributed by atoms with Crippen molar-refractivity contribution in [2.45, 2.75) is 6.04 Å². The van der Waals surface area contributed by atoms with Crippen molar-refractivity contribution in [1.82, 2.24) is 10.2 Å². The van der Waals surface area contributed by atoms with Gasteiger partial charge in [-0.15, -0.1) is 24.8 Å². The number of ether oxygens (including phenoxy) is 1. The number of benzene rings is 1. The van der Waals surface area contributed by atoms with E-state index in [4.69, 9.17) is 4.74 Å². The van der Waals surface area contributed by atoms with Gasteiger partial charge in [0.25, 0.3) is 0 Å². The maximum Gasteiger partial charge on any atom is 0.172 e. The highest BCUT2D eigenvalue weighted by atomic mass is 79.9. The fourth-order valence-electron chi connectivity index (χ4n) is 2.33. The number of hydrogen-bond acceptors (Lipinski definition) is 4. The van der Waals surface area contributed by atoms with Crippen LogP contribution in [-0.2, 0) is 0 Å². The van der Waals surface area contributed by atoms with E-state index in [9.17, 15) is 9.50 Å². The van der Waals surface area contributed by atoms with E-state index in [0.29, 0.717) is 10.2 Å². The zero-order valence-corrected chi connectivity index (χ0v) is 14.9. The number of rotatable bonds is 4. The maximum absolute atomic E-state index is 13.4. The summed E-state index contributed by atoms with van der Waals surface area (Å²) >= 11 is 3.28. The van der Waals surface area contributed by atoms with Gasteiger partial charge in [0, 0.05) is 26.2 Å². The van der Waals surface area contributed by atoms with Crippen LogP contribution in [0.2, 0.25) is 0 Å². The summed E-state index contributed by atoms with van der Waals surface area (Å²) in [6.45, 7) is 2.91. The fraction of sp³-hybridized carbons (Fsp3) is 0.538. The van der Waals surface area contributed by atoms with Gasteiger partial charge in [0.15, 0.2) is 11.5 Å². The van der Waals surface area contributed by atoms with E-state index < -0.39 is 6.67 Å². The third-order valence-corrected chi connectivity index (χ3v) is 4.00. The van der Waals surface area contributed by atoms with Crippen LogP contribution in [0.4, 0.5) is 4.39 Å². The summed E-state index contributed by atoms with van der Waals surface area (Å²) in [7, 11) is 1.49. The lowest BCUT2D eigenvalue weighted by atomic mass is 10.0. The predicted octanol–water partition coefficient (Wildman–Crippen LogP) is 2.92. The fourth-order valence-corrected chi connectivity index (χ4v) is 2.79. The Morgan fingerprint density at radius 2 is 2.00 bits per heavy atom. The Hall–Kier alpha value is -0.270. The molecule has 0 spiro atoms.